The van der Waals surface area contributed by atoms with E-state index < -0.39 is 23.6 Å². The van der Waals surface area contributed by atoms with E-state index in [1.807, 2.05) is 4.90 Å². The van der Waals surface area contributed by atoms with E-state index in [2.05, 4.69) is 46.1 Å². The van der Waals surface area contributed by atoms with Crippen LogP contribution in [0, 0.1) is 5.92 Å². The van der Waals surface area contributed by atoms with E-state index in [1.165, 1.54) is 18.5 Å². The van der Waals surface area contributed by atoms with Gasteiger partial charge in [0.15, 0.2) is 5.17 Å². The summed E-state index contributed by atoms with van der Waals surface area (Å²) < 4.78 is 51.1. The van der Waals surface area contributed by atoms with Gasteiger partial charge < -0.3 is 19.5 Å². The number of ether oxygens (including phenoxy) is 1. The molecule has 0 radical (unpaired) electrons. The largest absolute Gasteiger partial charge is 0.493 e. The molecule has 0 spiro atoms. The summed E-state index contributed by atoms with van der Waals surface area (Å²) in [6, 6.07) is 4.23. The number of aliphatic imine (C=N–C) groups is 1. The third kappa shape index (κ3) is 8.29. The van der Waals surface area contributed by atoms with Gasteiger partial charge in [0.1, 0.15) is 17.3 Å². The van der Waals surface area contributed by atoms with Gasteiger partial charge in [-0.2, -0.15) is 13.2 Å². The molecule has 2 saturated heterocycles. The van der Waals surface area contributed by atoms with E-state index in [-0.39, 0.29) is 34.7 Å². The van der Waals surface area contributed by atoms with Crippen molar-refractivity contribution in [3.8, 4) is 5.75 Å². The molecule has 2 aromatic rings. The number of nitrogens with one attached hydrogen (secondary N) is 2. The fraction of sp³-hybridized carbons (Fsp3) is 0.500. The molecule has 3 N–H and O–H groups in total. The van der Waals surface area contributed by atoms with Gasteiger partial charge in [-0.1, -0.05) is 0 Å². The monoisotopic (exact) mass is 679 g/mol. The predicted molar refractivity (Wildman–Crippen MR) is 174 cm³/mol. The standard InChI is InChI=1S/C30H37F3N7O4PS/c1-18-4-2-9-40(18)17-23-26(20-5-6-24(44-12-3-13-45)21(14-20)30(31,32)33)36-29(46-38-23)37-27(41)22-15-35-25(16-34-22)39-10-7-19(8-11-39)28(42)43/h5-6,14-16,18-19,38H,2-4,7-13,17,45H2,1H3,(H,42,43)(H,36,37,41). The van der Waals surface area contributed by atoms with Crippen molar-refractivity contribution in [2.45, 2.75) is 51.2 Å². The van der Waals surface area contributed by atoms with Crippen LogP contribution in [0.2, 0.25) is 0 Å². The van der Waals surface area contributed by atoms with E-state index in [0.717, 1.165) is 37.4 Å². The van der Waals surface area contributed by atoms with Crippen molar-refractivity contribution in [2.24, 2.45) is 10.9 Å². The molecule has 5 rings (SSSR count). The number of benzene rings is 1. The van der Waals surface area contributed by atoms with Crippen molar-refractivity contribution in [1.82, 2.24) is 24.9 Å². The van der Waals surface area contributed by atoms with Crippen LogP contribution in [0.3, 0.4) is 0 Å². The van der Waals surface area contributed by atoms with Crippen molar-refractivity contribution in [3.05, 3.63) is 53.1 Å². The Morgan fingerprint density at radius 2 is 1.96 bits per heavy atom. The second kappa shape index (κ2) is 15.0. The highest BCUT2D eigenvalue weighted by Crippen LogP contribution is 2.39. The molecule has 2 atom stereocenters. The van der Waals surface area contributed by atoms with Gasteiger partial charge in [0, 0.05) is 43.2 Å². The summed E-state index contributed by atoms with van der Waals surface area (Å²) in [4.78, 5) is 41.7. The van der Waals surface area contributed by atoms with Crippen LogP contribution in [0.25, 0.3) is 5.70 Å². The first kappa shape index (κ1) is 33.9. The molecule has 248 valence electrons. The van der Waals surface area contributed by atoms with E-state index in [9.17, 15) is 27.9 Å². The van der Waals surface area contributed by atoms with Gasteiger partial charge in [-0.3, -0.25) is 19.8 Å². The number of aliphatic carboxylic acids is 1. The van der Waals surface area contributed by atoms with Gasteiger partial charge >= 0.3 is 12.1 Å². The predicted octanol–water partition coefficient (Wildman–Crippen LogP) is 4.63. The van der Waals surface area contributed by atoms with Gasteiger partial charge in [-0.15, -0.1) is 9.24 Å². The third-order valence-corrected chi connectivity index (χ3v) is 9.39. The number of hydrogen-bond acceptors (Lipinski definition) is 10. The molecule has 0 bridgehead atoms. The summed E-state index contributed by atoms with van der Waals surface area (Å²) in [5.74, 6) is -1.47. The van der Waals surface area contributed by atoms with E-state index in [4.69, 9.17) is 4.74 Å². The molecule has 0 saturated carbocycles. The quantitative estimate of drug-likeness (QED) is 0.186. The average molecular weight is 680 g/mol. The summed E-state index contributed by atoms with van der Waals surface area (Å²) in [5.41, 5.74) is 0.305. The molecule has 16 heteroatoms. The Balaban J connectivity index is 1.37. The highest BCUT2D eigenvalue weighted by atomic mass is 32.2. The van der Waals surface area contributed by atoms with E-state index in [1.54, 1.807) is 6.07 Å². The number of carboxylic acids is 1. The summed E-state index contributed by atoms with van der Waals surface area (Å²) >= 11 is 1.06. The Morgan fingerprint density at radius 3 is 2.59 bits per heavy atom. The molecule has 2 fully saturated rings. The Bertz CT molecular complexity index is 1480. The smallest absolute Gasteiger partial charge is 0.419 e. The molecule has 0 aliphatic carbocycles. The van der Waals surface area contributed by atoms with E-state index in [0.29, 0.717) is 68.3 Å². The minimum absolute atomic E-state index is 0.0287. The van der Waals surface area contributed by atoms with Crippen LogP contribution in [0.1, 0.15) is 60.6 Å². The minimum Gasteiger partial charge on any atom is -0.493 e. The SMILES string of the molecule is CC1CCCN1CC1=C(c2ccc(OCCCP)c(C(F)(F)F)c2)N=C(NC(=O)c2cnc(N3CCC(C(=O)O)CC3)cn2)SN1. The van der Waals surface area contributed by atoms with Crippen molar-refractivity contribution < 1.29 is 32.6 Å². The maximum Gasteiger partial charge on any atom is 0.419 e. The van der Waals surface area contributed by atoms with Crippen molar-refractivity contribution >= 4 is 49.7 Å². The third-order valence-electron chi connectivity index (χ3n) is 8.25. The number of halogens is 3. The Morgan fingerprint density at radius 1 is 1.17 bits per heavy atom. The summed E-state index contributed by atoms with van der Waals surface area (Å²) in [5, 5.41) is 12.1. The normalized spacial score (nSPS) is 19.5. The highest BCUT2D eigenvalue weighted by Gasteiger charge is 2.36. The van der Waals surface area contributed by atoms with Crippen LogP contribution in [-0.4, -0.2) is 82.0 Å². The number of alkyl halides is 3. The molecular weight excluding hydrogens is 642 g/mol. The lowest BCUT2D eigenvalue weighted by Crippen LogP contribution is -2.37. The Hall–Kier alpha value is -3.42. The minimum atomic E-state index is -4.65. The topological polar surface area (TPSA) is 132 Å². The summed E-state index contributed by atoms with van der Waals surface area (Å²) in [7, 11) is 2.53. The van der Waals surface area contributed by atoms with Crippen LogP contribution in [0.4, 0.5) is 19.0 Å². The lowest BCUT2D eigenvalue weighted by atomic mass is 9.97. The van der Waals surface area contributed by atoms with Gasteiger partial charge in [0.05, 0.1) is 41.9 Å². The fourth-order valence-corrected chi connectivity index (χ4v) is 6.42. The number of carbonyl (C=O) groups excluding carboxylic acids is 1. The zero-order chi connectivity index (χ0) is 32.8. The van der Waals surface area contributed by atoms with Crippen LogP contribution in [-0.2, 0) is 11.0 Å². The number of amidine groups is 1. The first-order chi connectivity index (χ1) is 22.0. The number of amides is 1. The second-order valence-electron chi connectivity index (χ2n) is 11.4. The van der Waals surface area contributed by atoms with Gasteiger partial charge in [0.25, 0.3) is 5.91 Å². The lowest BCUT2D eigenvalue weighted by Gasteiger charge is -2.30. The van der Waals surface area contributed by atoms with Gasteiger partial charge in [0.2, 0.25) is 0 Å². The number of carbonyl (C=O) groups is 2. The first-order valence-electron chi connectivity index (χ1n) is 15.2. The van der Waals surface area contributed by atoms with Crippen LogP contribution >= 0.6 is 21.2 Å². The second-order valence-corrected chi connectivity index (χ2v) is 12.8. The first-order valence-corrected chi connectivity index (χ1v) is 16.8. The molecule has 3 aliphatic rings. The number of likely N-dealkylation sites (tertiary alicyclic amines) is 1. The maximum absolute atomic E-state index is 14.2. The molecule has 4 heterocycles. The number of anilines is 1. The Labute approximate surface area is 271 Å². The van der Waals surface area contributed by atoms with Gasteiger partial charge in [-0.05, 0) is 69.9 Å². The van der Waals surface area contributed by atoms with E-state index >= 15 is 0 Å². The van der Waals surface area contributed by atoms with Crippen LogP contribution < -0.4 is 19.7 Å². The highest BCUT2D eigenvalue weighted by molar-refractivity contribution is 8.12. The van der Waals surface area contributed by atoms with Crippen molar-refractivity contribution in [1.29, 1.82) is 0 Å². The molecule has 11 nitrogen and oxygen atoms in total. The zero-order valence-electron chi connectivity index (χ0n) is 25.3. The maximum atomic E-state index is 14.2. The molecule has 3 aliphatic heterocycles. The summed E-state index contributed by atoms with van der Waals surface area (Å²) in [6.07, 6.45) is 2.51. The van der Waals surface area contributed by atoms with Crippen molar-refractivity contribution in [2.75, 3.05) is 43.8 Å². The number of rotatable bonds is 10. The van der Waals surface area contributed by atoms with Crippen LogP contribution in [0.15, 0.2) is 41.3 Å². The number of carboxylic acid groups (broad SMARTS) is 1. The lowest BCUT2D eigenvalue weighted by molar-refractivity contribution is -0.142. The number of nitrogens with zero attached hydrogens (tertiary/aromatic N) is 5. The molecular formula is C30H37F3N7O4PS. The number of aromatic nitrogens is 2. The molecule has 46 heavy (non-hydrogen) atoms. The van der Waals surface area contributed by atoms with Crippen LogP contribution in [0.5, 0.6) is 5.75 Å². The number of hydrogen-bond donors (Lipinski definition) is 3. The Kier molecular flexibility index (Phi) is 11.1. The molecule has 1 aromatic heterocycles. The molecule has 1 aromatic carbocycles. The summed E-state index contributed by atoms with van der Waals surface area (Å²) in [6.45, 7) is 4.63. The van der Waals surface area contributed by atoms with Gasteiger partial charge in [-0.25, -0.2) is 15.0 Å². The fourth-order valence-electron chi connectivity index (χ4n) is 5.59. The number of piperidine rings is 1. The average Bonchev–Trinajstić information content (AvgIpc) is 3.45. The molecule has 2 unspecified atom stereocenters. The zero-order valence-corrected chi connectivity index (χ0v) is 27.3. The van der Waals surface area contributed by atoms with Crippen molar-refractivity contribution in [3.63, 3.8) is 0 Å². The molecule has 1 amide bonds.